The average Bonchev–Trinajstić information content (AvgIpc) is 2.65. The van der Waals surface area contributed by atoms with Crippen LogP contribution in [0.3, 0.4) is 0 Å². The molecule has 0 spiro atoms. The molecular weight excluding hydrogens is 249 g/mol. The quantitative estimate of drug-likeness (QED) is 0.831. The molecule has 0 aromatic carbocycles. The standard InChI is InChI=1S/C11H17F3N2S/c1-2-17-10-4-3-9(5-10)16-7-8(6-15)11(12,13)14/h8-10,16H,2-5,7H2,1H3. The number of nitriles is 1. The Morgan fingerprint density at radius 3 is 2.71 bits per heavy atom. The van der Waals surface area contributed by atoms with E-state index in [0.717, 1.165) is 25.0 Å². The summed E-state index contributed by atoms with van der Waals surface area (Å²) in [6.07, 6.45) is -1.54. The molecule has 0 aromatic rings. The molecule has 0 saturated heterocycles. The lowest BCUT2D eigenvalue weighted by Gasteiger charge is -2.17. The highest BCUT2D eigenvalue weighted by Gasteiger charge is 2.40. The van der Waals surface area contributed by atoms with E-state index in [-0.39, 0.29) is 12.6 Å². The van der Waals surface area contributed by atoms with Gasteiger partial charge >= 0.3 is 6.18 Å². The van der Waals surface area contributed by atoms with Crippen LogP contribution < -0.4 is 5.32 Å². The number of halogens is 3. The minimum atomic E-state index is -4.42. The average molecular weight is 266 g/mol. The molecule has 0 aromatic heterocycles. The maximum Gasteiger partial charge on any atom is 0.405 e. The molecular formula is C11H17F3N2S. The molecule has 6 heteroatoms. The summed E-state index contributed by atoms with van der Waals surface area (Å²) in [4.78, 5) is 0. The Labute approximate surface area is 104 Å². The minimum Gasteiger partial charge on any atom is -0.312 e. The molecule has 1 rings (SSSR count). The smallest absolute Gasteiger partial charge is 0.312 e. The Hall–Kier alpha value is -0.410. The zero-order valence-electron chi connectivity index (χ0n) is 9.76. The normalized spacial score (nSPS) is 26.8. The van der Waals surface area contributed by atoms with Gasteiger partial charge in [0.1, 0.15) is 0 Å². The summed E-state index contributed by atoms with van der Waals surface area (Å²) in [6, 6.07) is 1.45. The van der Waals surface area contributed by atoms with E-state index in [2.05, 4.69) is 12.2 Å². The molecule has 1 fully saturated rings. The third-order valence-electron chi connectivity index (χ3n) is 2.95. The summed E-state index contributed by atoms with van der Waals surface area (Å²) in [5, 5.41) is 11.9. The van der Waals surface area contributed by atoms with E-state index in [1.807, 2.05) is 11.8 Å². The van der Waals surface area contributed by atoms with Crippen molar-refractivity contribution in [2.45, 2.75) is 43.7 Å². The lowest BCUT2D eigenvalue weighted by atomic mass is 10.1. The summed E-state index contributed by atoms with van der Waals surface area (Å²) in [5.74, 6) is -0.846. The van der Waals surface area contributed by atoms with Gasteiger partial charge in [0.25, 0.3) is 0 Å². The first-order chi connectivity index (χ1) is 7.97. The molecule has 0 heterocycles. The minimum absolute atomic E-state index is 0.136. The topological polar surface area (TPSA) is 35.8 Å². The number of hydrogen-bond acceptors (Lipinski definition) is 3. The van der Waals surface area contributed by atoms with Gasteiger partial charge in [0.2, 0.25) is 0 Å². The summed E-state index contributed by atoms with van der Waals surface area (Å²) in [5.41, 5.74) is 0. The number of hydrogen-bond donors (Lipinski definition) is 1. The largest absolute Gasteiger partial charge is 0.405 e. The van der Waals surface area contributed by atoms with Gasteiger partial charge in [-0.15, -0.1) is 0 Å². The maximum atomic E-state index is 12.3. The summed E-state index contributed by atoms with van der Waals surface area (Å²) in [7, 11) is 0. The summed E-state index contributed by atoms with van der Waals surface area (Å²) >= 11 is 1.86. The molecule has 1 N–H and O–H groups in total. The van der Waals surface area contributed by atoms with E-state index in [9.17, 15) is 13.2 Å². The highest BCUT2D eigenvalue weighted by atomic mass is 32.2. The molecule has 3 unspecified atom stereocenters. The van der Waals surface area contributed by atoms with Crippen molar-refractivity contribution in [3.05, 3.63) is 0 Å². The molecule has 1 aliphatic rings. The molecule has 1 aliphatic carbocycles. The van der Waals surface area contributed by atoms with Crippen LogP contribution in [0.5, 0.6) is 0 Å². The second kappa shape index (κ2) is 6.50. The Morgan fingerprint density at radius 1 is 1.47 bits per heavy atom. The molecule has 0 aliphatic heterocycles. The van der Waals surface area contributed by atoms with Gasteiger partial charge in [0, 0.05) is 17.8 Å². The third kappa shape index (κ3) is 4.76. The van der Waals surface area contributed by atoms with Crippen molar-refractivity contribution in [1.82, 2.24) is 5.32 Å². The molecule has 0 bridgehead atoms. The van der Waals surface area contributed by atoms with Crippen molar-refractivity contribution in [3.63, 3.8) is 0 Å². The van der Waals surface area contributed by atoms with Crippen molar-refractivity contribution < 1.29 is 13.2 Å². The van der Waals surface area contributed by atoms with Crippen LogP contribution >= 0.6 is 11.8 Å². The number of rotatable bonds is 5. The van der Waals surface area contributed by atoms with Crippen molar-refractivity contribution in [2.24, 2.45) is 5.92 Å². The molecule has 17 heavy (non-hydrogen) atoms. The van der Waals surface area contributed by atoms with Gasteiger partial charge < -0.3 is 5.32 Å². The van der Waals surface area contributed by atoms with Crippen LogP contribution in [-0.4, -0.2) is 29.8 Å². The fourth-order valence-electron chi connectivity index (χ4n) is 2.03. The number of nitrogens with one attached hydrogen (secondary N) is 1. The van der Waals surface area contributed by atoms with E-state index in [1.165, 1.54) is 6.07 Å². The van der Waals surface area contributed by atoms with Crippen molar-refractivity contribution in [3.8, 4) is 6.07 Å². The van der Waals surface area contributed by atoms with Crippen LogP contribution in [0, 0.1) is 17.2 Å². The zero-order chi connectivity index (χ0) is 12.9. The van der Waals surface area contributed by atoms with Crippen LogP contribution in [0.4, 0.5) is 13.2 Å². The van der Waals surface area contributed by atoms with Gasteiger partial charge in [-0.3, -0.25) is 0 Å². The van der Waals surface area contributed by atoms with Crippen molar-refractivity contribution in [2.75, 3.05) is 12.3 Å². The first-order valence-corrected chi connectivity index (χ1v) is 6.83. The first-order valence-electron chi connectivity index (χ1n) is 5.78. The van der Waals surface area contributed by atoms with Crippen LogP contribution in [0.25, 0.3) is 0 Å². The van der Waals surface area contributed by atoms with Crippen LogP contribution in [0.15, 0.2) is 0 Å². The van der Waals surface area contributed by atoms with Crippen molar-refractivity contribution >= 4 is 11.8 Å². The van der Waals surface area contributed by atoms with Gasteiger partial charge in [0.15, 0.2) is 5.92 Å². The van der Waals surface area contributed by atoms with E-state index in [1.54, 1.807) is 0 Å². The van der Waals surface area contributed by atoms with Gasteiger partial charge in [-0.2, -0.15) is 30.2 Å². The van der Waals surface area contributed by atoms with Crippen molar-refractivity contribution in [1.29, 1.82) is 5.26 Å². The fraction of sp³-hybridized carbons (Fsp3) is 0.909. The van der Waals surface area contributed by atoms with E-state index >= 15 is 0 Å². The van der Waals surface area contributed by atoms with Crippen LogP contribution in [0.1, 0.15) is 26.2 Å². The summed E-state index contributed by atoms with van der Waals surface area (Å²) in [6.45, 7) is 1.80. The van der Waals surface area contributed by atoms with E-state index in [0.29, 0.717) is 5.25 Å². The second-order valence-corrected chi connectivity index (χ2v) is 5.80. The Bertz CT molecular complexity index is 275. The van der Waals surface area contributed by atoms with Gasteiger partial charge in [-0.05, 0) is 25.0 Å². The highest BCUT2D eigenvalue weighted by Crippen LogP contribution is 2.30. The zero-order valence-corrected chi connectivity index (χ0v) is 10.6. The molecule has 2 nitrogen and oxygen atoms in total. The molecule has 1 saturated carbocycles. The highest BCUT2D eigenvalue weighted by molar-refractivity contribution is 7.99. The van der Waals surface area contributed by atoms with Crippen LogP contribution in [0.2, 0.25) is 0 Å². The van der Waals surface area contributed by atoms with E-state index in [4.69, 9.17) is 5.26 Å². The Balaban J connectivity index is 2.30. The fourth-order valence-corrected chi connectivity index (χ4v) is 3.17. The molecule has 3 atom stereocenters. The first kappa shape index (κ1) is 14.7. The lowest BCUT2D eigenvalue weighted by Crippen LogP contribution is -2.37. The SMILES string of the molecule is CCSC1CCC(NCC(C#N)C(F)(F)F)C1. The molecule has 0 radical (unpaired) electrons. The number of nitrogens with zero attached hydrogens (tertiary/aromatic N) is 1. The predicted molar refractivity (Wildman–Crippen MR) is 62.7 cm³/mol. The Kier molecular flexibility index (Phi) is 5.60. The monoisotopic (exact) mass is 266 g/mol. The lowest BCUT2D eigenvalue weighted by molar-refractivity contribution is -0.157. The molecule has 98 valence electrons. The predicted octanol–water partition coefficient (Wildman–Crippen LogP) is 2.95. The second-order valence-electron chi connectivity index (χ2n) is 4.22. The van der Waals surface area contributed by atoms with Gasteiger partial charge in [-0.1, -0.05) is 6.92 Å². The van der Waals surface area contributed by atoms with E-state index < -0.39 is 12.1 Å². The van der Waals surface area contributed by atoms with Gasteiger partial charge in [-0.25, -0.2) is 0 Å². The summed E-state index contributed by atoms with van der Waals surface area (Å²) < 4.78 is 37.0. The van der Waals surface area contributed by atoms with Crippen LogP contribution in [-0.2, 0) is 0 Å². The number of alkyl halides is 3. The molecule has 0 amide bonds. The maximum absolute atomic E-state index is 12.3. The third-order valence-corrected chi connectivity index (χ3v) is 4.18. The number of thioether (sulfide) groups is 1. The Morgan fingerprint density at radius 2 is 2.18 bits per heavy atom. The van der Waals surface area contributed by atoms with Gasteiger partial charge in [0.05, 0.1) is 6.07 Å².